The van der Waals surface area contributed by atoms with Crippen LogP contribution in [0.25, 0.3) is 0 Å². The van der Waals surface area contributed by atoms with Crippen molar-refractivity contribution < 1.29 is 4.42 Å². The SMILES string of the molecule is [O-][N+]1(P)CCCC1. The lowest BCUT2D eigenvalue weighted by atomic mass is 10.4. The van der Waals surface area contributed by atoms with E-state index in [1.165, 1.54) is 0 Å². The first-order valence-corrected chi connectivity index (χ1v) is 3.09. The Morgan fingerprint density at radius 2 is 1.71 bits per heavy atom. The summed E-state index contributed by atoms with van der Waals surface area (Å²) < 4.78 is -0.0833. The fourth-order valence-corrected chi connectivity index (χ4v) is 1.24. The summed E-state index contributed by atoms with van der Waals surface area (Å²) in [6.07, 6.45) is 2.21. The van der Waals surface area contributed by atoms with Crippen LogP contribution in [0, 0.1) is 5.21 Å². The quantitative estimate of drug-likeness (QED) is 0.343. The standard InChI is InChI=1S/C4H10NOP/c6-5(7)3-1-2-4-5/h1-4,7H2. The smallest absolute Gasteiger partial charge is 0.0793 e. The van der Waals surface area contributed by atoms with E-state index >= 15 is 0 Å². The fourth-order valence-electron chi connectivity index (χ4n) is 0.871. The Bertz CT molecular complexity index is 66.1. The first-order chi connectivity index (χ1) is 3.21. The Kier molecular flexibility index (Phi) is 1.33. The highest BCUT2D eigenvalue weighted by Crippen LogP contribution is 2.22. The zero-order valence-corrected chi connectivity index (χ0v) is 5.42. The molecular weight excluding hydrogens is 109 g/mol. The number of hydrogen-bond donors (Lipinski definition) is 0. The third-order valence-electron chi connectivity index (χ3n) is 1.32. The summed E-state index contributed by atoms with van der Waals surface area (Å²) >= 11 is 0. The van der Waals surface area contributed by atoms with E-state index in [-0.39, 0.29) is 4.42 Å². The second-order valence-corrected chi connectivity index (χ2v) is 3.05. The molecule has 0 aromatic carbocycles. The van der Waals surface area contributed by atoms with Gasteiger partial charge in [0.15, 0.2) is 0 Å². The van der Waals surface area contributed by atoms with Crippen LogP contribution in [-0.2, 0) is 0 Å². The molecule has 0 radical (unpaired) electrons. The fraction of sp³-hybridized carbons (Fsp3) is 1.00. The van der Waals surface area contributed by atoms with Crippen molar-refractivity contribution in [2.75, 3.05) is 13.1 Å². The number of rotatable bonds is 0. The normalized spacial score (nSPS) is 28.3. The summed E-state index contributed by atoms with van der Waals surface area (Å²) in [5, 5.41) is 10.8. The number of quaternary nitrogens is 1. The van der Waals surface area contributed by atoms with Crippen molar-refractivity contribution in [3.63, 3.8) is 0 Å². The molecule has 0 amide bonds. The van der Waals surface area contributed by atoms with E-state index in [1.807, 2.05) is 0 Å². The molecular formula is C4H10NOP. The molecule has 1 saturated heterocycles. The molecule has 0 aromatic heterocycles. The van der Waals surface area contributed by atoms with Gasteiger partial charge in [0.05, 0.1) is 22.5 Å². The van der Waals surface area contributed by atoms with Crippen LogP contribution in [0.2, 0.25) is 0 Å². The lowest BCUT2D eigenvalue weighted by Gasteiger charge is -2.32. The zero-order chi connectivity index (χ0) is 5.33. The molecule has 1 unspecified atom stereocenters. The Hall–Kier alpha value is 0.350. The highest BCUT2D eigenvalue weighted by atomic mass is 31.0. The highest BCUT2D eigenvalue weighted by Gasteiger charge is 2.15. The van der Waals surface area contributed by atoms with Crippen LogP contribution < -0.4 is 0 Å². The van der Waals surface area contributed by atoms with Gasteiger partial charge in [-0.2, -0.15) is 0 Å². The van der Waals surface area contributed by atoms with Gasteiger partial charge < -0.3 is 9.62 Å². The van der Waals surface area contributed by atoms with Crippen molar-refractivity contribution in [1.29, 1.82) is 0 Å². The van der Waals surface area contributed by atoms with E-state index in [0.29, 0.717) is 0 Å². The maximum absolute atomic E-state index is 10.8. The molecule has 0 N–H and O–H groups in total. The predicted molar refractivity (Wildman–Crippen MR) is 32.3 cm³/mol. The molecule has 2 nitrogen and oxygen atoms in total. The molecule has 1 atom stereocenters. The third-order valence-corrected chi connectivity index (χ3v) is 1.84. The number of nitrogens with zero attached hydrogens (tertiary/aromatic N) is 1. The van der Waals surface area contributed by atoms with Crippen LogP contribution in [0.5, 0.6) is 0 Å². The molecule has 0 aliphatic carbocycles. The predicted octanol–water partition coefficient (Wildman–Crippen LogP) is 0.885. The van der Waals surface area contributed by atoms with Gasteiger partial charge in [0.25, 0.3) is 0 Å². The van der Waals surface area contributed by atoms with Gasteiger partial charge in [0.2, 0.25) is 0 Å². The van der Waals surface area contributed by atoms with E-state index in [1.54, 1.807) is 0 Å². The Labute approximate surface area is 45.9 Å². The Morgan fingerprint density at radius 3 is 1.86 bits per heavy atom. The maximum atomic E-state index is 10.8. The summed E-state index contributed by atoms with van der Waals surface area (Å²) in [6, 6.07) is 0. The van der Waals surface area contributed by atoms with E-state index in [2.05, 4.69) is 9.39 Å². The van der Waals surface area contributed by atoms with Crippen molar-refractivity contribution in [3.05, 3.63) is 5.21 Å². The Morgan fingerprint density at radius 1 is 1.29 bits per heavy atom. The van der Waals surface area contributed by atoms with Crippen LogP contribution in [-0.4, -0.2) is 17.5 Å². The first-order valence-electron chi connectivity index (χ1n) is 2.57. The first kappa shape index (κ1) is 5.49. The summed E-state index contributed by atoms with van der Waals surface area (Å²) in [5.74, 6) is 0. The number of hydrogen-bond acceptors (Lipinski definition) is 1. The van der Waals surface area contributed by atoms with Crippen molar-refractivity contribution >= 4 is 9.39 Å². The maximum Gasteiger partial charge on any atom is 0.0793 e. The van der Waals surface area contributed by atoms with Gasteiger partial charge in [-0.25, -0.2) is 0 Å². The van der Waals surface area contributed by atoms with Gasteiger partial charge in [-0.05, 0) is 0 Å². The van der Waals surface area contributed by atoms with E-state index in [4.69, 9.17) is 0 Å². The van der Waals surface area contributed by atoms with Crippen LogP contribution in [0.3, 0.4) is 0 Å². The molecule has 42 valence electrons. The van der Waals surface area contributed by atoms with Gasteiger partial charge in [0, 0.05) is 12.8 Å². The van der Waals surface area contributed by atoms with Gasteiger partial charge in [-0.1, -0.05) is 0 Å². The second kappa shape index (κ2) is 1.70. The zero-order valence-electron chi connectivity index (χ0n) is 4.26. The monoisotopic (exact) mass is 119 g/mol. The van der Waals surface area contributed by atoms with Crippen LogP contribution in [0.1, 0.15) is 12.8 Å². The molecule has 7 heavy (non-hydrogen) atoms. The average Bonchev–Trinajstić information content (AvgIpc) is 1.84. The van der Waals surface area contributed by atoms with Crippen LogP contribution >= 0.6 is 9.39 Å². The summed E-state index contributed by atoms with van der Waals surface area (Å²) in [5.41, 5.74) is 0. The molecule has 3 heteroatoms. The summed E-state index contributed by atoms with van der Waals surface area (Å²) in [7, 11) is 2.31. The Balaban J connectivity index is 2.40. The minimum Gasteiger partial charge on any atom is -0.632 e. The minimum absolute atomic E-state index is 0.0833. The van der Waals surface area contributed by atoms with Crippen molar-refractivity contribution in [1.82, 2.24) is 0 Å². The van der Waals surface area contributed by atoms with Gasteiger partial charge in [-0.3, -0.25) is 0 Å². The molecule has 1 heterocycles. The summed E-state index contributed by atoms with van der Waals surface area (Å²) in [4.78, 5) is 0. The van der Waals surface area contributed by atoms with Gasteiger partial charge in [-0.15, -0.1) is 0 Å². The van der Waals surface area contributed by atoms with Gasteiger partial charge >= 0.3 is 0 Å². The molecule has 0 saturated carbocycles. The summed E-state index contributed by atoms with van der Waals surface area (Å²) in [6.45, 7) is 1.59. The molecule has 1 rings (SSSR count). The van der Waals surface area contributed by atoms with Crippen molar-refractivity contribution in [2.45, 2.75) is 12.8 Å². The average molecular weight is 119 g/mol. The van der Waals surface area contributed by atoms with Crippen molar-refractivity contribution in [2.24, 2.45) is 0 Å². The van der Waals surface area contributed by atoms with Gasteiger partial charge in [0.1, 0.15) is 0 Å². The van der Waals surface area contributed by atoms with Crippen molar-refractivity contribution in [3.8, 4) is 0 Å². The molecule has 0 aromatic rings. The van der Waals surface area contributed by atoms with Crippen LogP contribution in [0.15, 0.2) is 0 Å². The number of hydroxylamine groups is 2. The topological polar surface area (TPSA) is 23.1 Å². The largest absolute Gasteiger partial charge is 0.632 e. The molecule has 0 bridgehead atoms. The molecule has 1 aliphatic heterocycles. The highest BCUT2D eigenvalue weighted by molar-refractivity contribution is 7.09. The molecule has 1 fully saturated rings. The van der Waals surface area contributed by atoms with E-state index < -0.39 is 0 Å². The van der Waals surface area contributed by atoms with E-state index in [0.717, 1.165) is 25.9 Å². The van der Waals surface area contributed by atoms with E-state index in [9.17, 15) is 5.21 Å². The lowest BCUT2D eigenvalue weighted by molar-refractivity contribution is -0.730. The molecule has 1 aliphatic rings. The second-order valence-electron chi connectivity index (χ2n) is 2.11. The lowest BCUT2D eigenvalue weighted by Crippen LogP contribution is -2.24. The third kappa shape index (κ3) is 1.37. The molecule has 0 spiro atoms. The minimum atomic E-state index is -0.0833. The van der Waals surface area contributed by atoms with Crippen LogP contribution in [0.4, 0.5) is 0 Å².